The molecule has 2 rings (SSSR count). The quantitative estimate of drug-likeness (QED) is 0.897. The Hall–Kier alpha value is -2.04. The van der Waals surface area contributed by atoms with E-state index in [0.29, 0.717) is 16.3 Å². The van der Waals surface area contributed by atoms with Gasteiger partial charge in [0.2, 0.25) is 0 Å². The van der Waals surface area contributed by atoms with Crippen molar-refractivity contribution in [2.75, 3.05) is 5.32 Å². The molecule has 0 aliphatic carbocycles. The van der Waals surface area contributed by atoms with Gasteiger partial charge in [-0.3, -0.25) is 9.59 Å². The Kier molecular flexibility index (Phi) is 4.83. The van der Waals surface area contributed by atoms with Crippen molar-refractivity contribution in [2.45, 2.75) is 6.42 Å². The summed E-state index contributed by atoms with van der Waals surface area (Å²) >= 11 is 11.9. The number of nitrogens with one attached hydrogen (secondary N) is 1. The Morgan fingerprint density at radius 2 is 1.76 bits per heavy atom. The lowest BCUT2D eigenvalue weighted by Crippen LogP contribution is -2.16. The number of carbonyl (C=O) groups excluding carboxylic acids is 1. The minimum absolute atomic E-state index is 0.229. The largest absolute Gasteiger partial charge is 0.481 e. The fourth-order valence-electron chi connectivity index (χ4n) is 1.85. The van der Waals surface area contributed by atoms with Crippen molar-refractivity contribution in [2.24, 2.45) is 0 Å². The van der Waals surface area contributed by atoms with Gasteiger partial charge in [0.25, 0.3) is 5.91 Å². The van der Waals surface area contributed by atoms with Crippen LogP contribution in [0.15, 0.2) is 42.5 Å². The highest BCUT2D eigenvalue weighted by molar-refractivity contribution is 6.44. The summed E-state index contributed by atoms with van der Waals surface area (Å²) in [5.74, 6) is -1.44. The molecular weight excluding hydrogens is 313 g/mol. The van der Waals surface area contributed by atoms with Gasteiger partial charge in [-0.05, 0) is 23.8 Å². The summed E-state index contributed by atoms with van der Waals surface area (Å²) in [5, 5.41) is 12.1. The van der Waals surface area contributed by atoms with E-state index in [1.807, 2.05) is 0 Å². The Labute approximate surface area is 131 Å². The Bertz CT molecular complexity index is 701. The maximum absolute atomic E-state index is 12.3. The molecule has 0 heterocycles. The van der Waals surface area contributed by atoms with Crippen LogP contribution in [0.5, 0.6) is 0 Å². The SMILES string of the molecule is O=C(O)Cc1ccccc1C(=O)Nc1cccc(Cl)c1Cl. The standard InChI is InChI=1S/C15H11Cl2NO3/c16-11-6-3-7-12(14(11)17)18-15(21)10-5-2-1-4-9(10)8-13(19)20/h1-7H,8H2,(H,18,21)(H,19,20). The number of hydrogen-bond acceptors (Lipinski definition) is 2. The summed E-state index contributed by atoms with van der Waals surface area (Å²) in [6.45, 7) is 0. The Morgan fingerprint density at radius 3 is 2.48 bits per heavy atom. The van der Waals surface area contributed by atoms with Gasteiger partial charge in [-0.25, -0.2) is 0 Å². The van der Waals surface area contributed by atoms with Crippen molar-refractivity contribution >= 4 is 40.8 Å². The van der Waals surface area contributed by atoms with Crippen LogP contribution in [0.1, 0.15) is 15.9 Å². The van der Waals surface area contributed by atoms with Gasteiger partial charge in [-0.15, -0.1) is 0 Å². The van der Waals surface area contributed by atoms with E-state index in [2.05, 4.69) is 5.32 Å². The van der Waals surface area contributed by atoms with E-state index in [0.717, 1.165) is 0 Å². The van der Waals surface area contributed by atoms with Crippen molar-refractivity contribution in [1.82, 2.24) is 0 Å². The first-order chi connectivity index (χ1) is 9.99. The zero-order chi connectivity index (χ0) is 15.4. The number of rotatable bonds is 4. The molecule has 0 bridgehead atoms. The van der Waals surface area contributed by atoms with E-state index in [1.165, 1.54) is 0 Å². The average molecular weight is 324 g/mol. The fraction of sp³-hybridized carbons (Fsp3) is 0.0667. The molecule has 6 heteroatoms. The summed E-state index contributed by atoms with van der Waals surface area (Å²) in [7, 11) is 0. The van der Waals surface area contributed by atoms with Crippen LogP contribution < -0.4 is 5.32 Å². The molecule has 2 aromatic carbocycles. The average Bonchev–Trinajstić information content (AvgIpc) is 2.44. The second-order valence-electron chi connectivity index (χ2n) is 4.28. The maximum atomic E-state index is 12.3. The minimum atomic E-state index is -1.00. The van der Waals surface area contributed by atoms with Crippen molar-refractivity contribution < 1.29 is 14.7 Å². The van der Waals surface area contributed by atoms with Crippen LogP contribution in [0.25, 0.3) is 0 Å². The Morgan fingerprint density at radius 1 is 1.05 bits per heavy atom. The van der Waals surface area contributed by atoms with Crippen LogP contribution >= 0.6 is 23.2 Å². The third-order valence-corrected chi connectivity index (χ3v) is 3.62. The summed E-state index contributed by atoms with van der Waals surface area (Å²) in [6, 6.07) is 11.4. The van der Waals surface area contributed by atoms with Gasteiger partial charge in [0.15, 0.2) is 0 Å². The van der Waals surface area contributed by atoms with Gasteiger partial charge in [0.1, 0.15) is 0 Å². The van der Waals surface area contributed by atoms with E-state index < -0.39 is 11.9 Å². The summed E-state index contributed by atoms with van der Waals surface area (Å²) in [4.78, 5) is 23.1. The lowest BCUT2D eigenvalue weighted by molar-refractivity contribution is -0.136. The zero-order valence-corrected chi connectivity index (χ0v) is 12.3. The van der Waals surface area contributed by atoms with Gasteiger partial charge in [0.05, 0.1) is 22.2 Å². The zero-order valence-electron chi connectivity index (χ0n) is 10.8. The van der Waals surface area contributed by atoms with E-state index in [9.17, 15) is 9.59 Å². The molecule has 0 radical (unpaired) electrons. The first kappa shape index (κ1) is 15.4. The topological polar surface area (TPSA) is 66.4 Å². The highest BCUT2D eigenvalue weighted by Gasteiger charge is 2.15. The van der Waals surface area contributed by atoms with Crippen molar-refractivity contribution in [3.05, 3.63) is 63.6 Å². The molecule has 0 unspecified atom stereocenters. The van der Waals surface area contributed by atoms with E-state index in [-0.39, 0.29) is 17.0 Å². The van der Waals surface area contributed by atoms with Crippen LogP contribution in [0.4, 0.5) is 5.69 Å². The molecule has 2 aromatic rings. The first-order valence-electron chi connectivity index (χ1n) is 6.04. The van der Waals surface area contributed by atoms with E-state index >= 15 is 0 Å². The summed E-state index contributed by atoms with van der Waals surface area (Å²) in [5.41, 5.74) is 1.09. The van der Waals surface area contributed by atoms with Crippen molar-refractivity contribution in [1.29, 1.82) is 0 Å². The number of amides is 1. The third-order valence-electron chi connectivity index (χ3n) is 2.80. The Balaban J connectivity index is 2.29. The molecule has 0 saturated heterocycles. The molecule has 21 heavy (non-hydrogen) atoms. The predicted octanol–water partition coefficient (Wildman–Crippen LogP) is 3.87. The van der Waals surface area contributed by atoms with E-state index in [4.69, 9.17) is 28.3 Å². The highest BCUT2D eigenvalue weighted by Crippen LogP contribution is 2.30. The number of hydrogen-bond donors (Lipinski definition) is 2. The number of carboxylic acids is 1. The molecule has 108 valence electrons. The van der Waals surface area contributed by atoms with Gasteiger partial charge >= 0.3 is 5.97 Å². The normalized spacial score (nSPS) is 10.2. The number of halogens is 2. The van der Waals surface area contributed by atoms with Crippen LogP contribution in [-0.2, 0) is 11.2 Å². The van der Waals surface area contributed by atoms with E-state index in [1.54, 1.807) is 42.5 Å². The minimum Gasteiger partial charge on any atom is -0.481 e. The fourth-order valence-corrected chi connectivity index (χ4v) is 2.20. The molecule has 0 aromatic heterocycles. The maximum Gasteiger partial charge on any atom is 0.307 e. The summed E-state index contributed by atoms with van der Waals surface area (Å²) < 4.78 is 0. The molecule has 4 nitrogen and oxygen atoms in total. The number of carboxylic acid groups (broad SMARTS) is 1. The van der Waals surface area contributed by atoms with Crippen LogP contribution in [0, 0.1) is 0 Å². The van der Waals surface area contributed by atoms with Gasteiger partial charge in [-0.2, -0.15) is 0 Å². The smallest absolute Gasteiger partial charge is 0.307 e. The molecule has 0 spiro atoms. The van der Waals surface area contributed by atoms with Crippen molar-refractivity contribution in [3.8, 4) is 0 Å². The highest BCUT2D eigenvalue weighted by atomic mass is 35.5. The van der Waals surface area contributed by atoms with Gasteiger partial charge < -0.3 is 10.4 Å². The molecule has 0 saturated carbocycles. The molecule has 1 amide bonds. The van der Waals surface area contributed by atoms with Crippen LogP contribution in [0.2, 0.25) is 10.0 Å². The van der Waals surface area contributed by atoms with Gasteiger partial charge in [-0.1, -0.05) is 47.5 Å². The third kappa shape index (κ3) is 3.74. The van der Waals surface area contributed by atoms with Crippen molar-refractivity contribution in [3.63, 3.8) is 0 Å². The van der Waals surface area contributed by atoms with Gasteiger partial charge in [0, 0.05) is 5.56 Å². The lowest BCUT2D eigenvalue weighted by atomic mass is 10.0. The number of aliphatic carboxylic acids is 1. The number of benzene rings is 2. The molecule has 0 atom stereocenters. The van der Waals surface area contributed by atoms with Crippen LogP contribution in [-0.4, -0.2) is 17.0 Å². The predicted molar refractivity (Wildman–Crippen MR) is 82.2 cm³/mol. The van der Waals surface area contributed by atoms with Crippen LogP contribution in [0.3, 0.4) is 0 Å². The first-order valence-corrected chi connectivity index (χ1v) is 6.79. The second-order valence-corrected chi connectivity index (χ2v) is 5.07. The molecule has 2 N–H and O–H groups in total. The summed E-state index contributed by atoms with van der Waals surface area (Å²) in [6.07, 6.45) is -0.229. The number of anilines is 1. The number of carbonyl (C=O) groups is 2. The molecule has 0 aliphatic heterocycles. The molecule has 0 fully saturated rings. The lowest BCUT2D eigenvalue weighted by Gasteiger charge is -2.10. The molecular formula is C15H11Cl2NO3. The monoisotopic (exact) mass is 323 g/mol. The molecule has 0 aliphatic rings. The second kappa shape index (κ2) is 6.61.